The van der Waals surface area contributed by atoms with Crippen LogP contribution in [0.5, 0.6) is 0 Å². The molecule has 2 aromatic rings. The molecule has 17 heavy (non-hydrogen) atoms. The molecule has 0 radical (unpaired) electrons. The Bertz CT molecular complexity index is 551. The number of carbonyl (C=O) groups is 1. The Morgan fingerprint density at radius 2 is 2.29 bits per heavy atom. The molecule has 7 nitrogen and oxygen atoms in total. The molecule has 1 atom stereocenters. The van der Waals surface area contributed by atoms with Gasteiger partial charge in [-0.3, -0.25) is 4.79 Å². The summed E-state index contributed by atoms with van der Waals surface area (Å²) in [7, 11) is 0. The number of nitrogens with two attached hydrogens (primary N) is 2. The zero-order valence-electron chi connectivity index (χ0n) is 9.17. The maximum absolute atomic E-state index is 11.1. The zero-order valence-corrected chi connectivity index (χ0v) is 9.99. The zero-order chi connectivity index (χ0) is 12.5. The maximum atomic E-state index is 11.1. The standard InChI is InChI=1S/C9H12N6OS/c1-9(11,8(10)16)2-17-7-5-6(13-3-12-5)14-4-15-7/h3-4H,2,11H2,1H3,(H2,10,16)(H,12,13,14,15). The number of rotatable bonds is 4. The second kappa shape index (κ2) is 4.30. The smallest absolute Gasteiger partial charge is 0.238 e. The number of aromatic nitrogens is 4. The second-order valence-electron chi connectivity index (χ2n) is 3.85. The van der Waals surface area contributed by atoms with Crippen LogP contribution >= 0.6 is 11.8 Å². The molecule has 0 aliphatic heterocycles. The first-order valence-electron chi connectivity index (χ1n) is 4.86. The minimum atomic E-state index is -1.07. The van der Waals surface area contributed by atoms with E-state index >= 15 is 0 Å². The van der Waals surface area contributed by atoms with Crippen molar-refractivity contribution in [1.29, 1.82) is 0 Å². The molecule has 0 aliphatic carbocycles. The number of hydrogen-bond donors (Lipinski definition) is 3. The van der Waals surface area contributed by atoms with Gasteiger partial charge in [0.15, 0.2) is 5.65 Å². The van der Waals surface area contributed by atoms with E-state index < -0.39 is 11.4 Å². The van der Waals surface area contributed by atoms with Crippen LogP contribution in [0, 0.1) is 0 Å². The molecule has 0 saturated carbocycles. The molecule has 90 valence electrons. The molecule has 0 aromatic carbocycles. The molecular weight excluding hydrogens is 240 g/mol. The average molecular weight is 252 g/mol. The number of H-pyrrole nitrogens is 1. The summed E-state index contributed by atoms with van der Waals surface area (Å²) in [6, 6.07) is 0. The molecule has 8 heteroatoms. The number of imidazole rings is 1. The lowest BCUT2D eigenvalue weighted by Crippen LogP contribution is -2.51. The molecule has 0 fully saturated rings. The van der Waals surface area contributed by atoms with E-state index in [0.717, 1.165) is 5.52 Å². The summed E-state index contributed by atoms with van der Waals surface area (Å²) >= 11 is 1.34. The quantitative estimate of drug-likeness (QED) is 0.504. The monoisotopic (exact) mass is 252 g/mol. The number of primary amides is 1. The van der Waals surface area contributed by atoms with Gasteiger partial charge in [-0.2, -0.15) is 0 Å². The average Bonchev–Trinajstić information content (AvgIpc) is 2.74. The normalized spacial score (nSPS) is 14.7. The van der Waals surface area contributed by atoms with E-state index in [1.54, 1.807) is 13.3 Å². The Balaban J connectivity index is 2.19. The molecule has 0 aliphatic rings. The number of amides is 1. The minimum Gasteiger partial charge on any atom is -0.368 e. The van der Waals surface area contributed by atoms with E-state index in [2.05, 4.69) is 19.9 Å². The maximum Gasteiger partial charge on any atom is 0.238 e. The lowest BCUT2D eigenvalue weighted by Gasteiger charge is -2.19. The van der Waals surface area contributed by atoms with Crippen molar-refractivity contribution in [3.63, 3.8) is 0 Å². The lowest BCUT2D eigenvalue weighted by atomic mass is 10.1. The van der Waals surface area contributed by atoms with Gasteiger partial charge < -0.3 is 16.5 Å². The Morgan fingerprint density at radius 1 is 1.53 bits per heavy atom. The van der Waals surface area contributed by atoms with Gasteiger partial charge >= 0.3 is 0 Å². The van der Waals surface area contributed by atoms with Crippen LogP contribution in [-0.4, -0.2) is 37.1 Å². The minimum absolute atomic E-state index is 0.341. The number of fused-ring (bicyclic) bond motifs is 1. The fourth-order valence-electron chi connectivity index (χ4n) is 1.14. The molecular formula is C9H12N6OS. The molecule has 0 spiro atoms. The van der Waals surface area contributed by atoms with Gasteiger partial charge in [0, 0.05) is 5.75 Å². The Morgan fingerprint density at radius 3 is 3.00 bits per heavy atom. The Kier molecular flexibility index (Phi) is 2.99. The number of nitrogens with zero attached hydrogens (tertiary/aromatic N) is 3. The van der Waals surface area contributed by atoms with Crippen molar-refractivity contribution in [1.82, 2.24) is 19.9 Å². The highest BCUT2D eigenvalue weighted by Crippen LogP contribution is 2.24. The van der Waals surface area contributed by atoms with Crippen molar-refractivity contribution in [2.45, 2.75) is 17.5 Å². The summed E-state index contributed by atoms with van der Waals surface area (Å²) in [5.41, 5.74) is 11.2. The van der Waals surface area contributed by atoms with Gasteiger partial charge in [0.1, 0.15) is 22.4 Å². The van der Waals surface area contributed by atoms with Crippen LogP contribution in [0.25, 0.3) is 11.2 Å². The third-order valence-electron chi connectivity index (χ3n) is 2.26. The van der Waals surface area contributed by atoms with E-state index in [-0.39, 0.29) is 0 Å². The summed E-state index contributed by atoms with van der Waals surface area (Å²) in [4.78, 5) is 26.1. The predicted octanol–water partition coefficient (Wildman–Crippen LogP) is -0.352. The SMILES string of the molecule is CC(N)(CSc1ncnc2nc[nH]c12)C(N)=O. The van der Waals surface area contributed by atoms with Gasteiger partial charge in [-0.15, -0.1) is 11.8 Å². The highest BCUT2D eigenvalue weighted by atomic mass is 32.2. The molecule has 2 aromatic heterocycles. The third-order valence-corrected chi connectivity index (χ3v) is 3.59. The van der Waals surface area contributed by atoms with Crippen molar-refractivity contribution in [3.05, 3.63) is 12.7 Å². The fraction of sp³-hybridized carbons (Fsp3) is 0.333. The van der Waals surface area contributed by atoms with Crippen molar-refractivity contribution in [2.75, 3.05) is 5.75 Å². The first kappa shape index (κ1) is 11.8. The first-order valence-corrected chi connectivity index (χ1v) is 5.85. The van der Waals surface area contributed by atoms with Gasteiger partial charge in [-0.05, 0) is 6.92 Å². The first-order chi connectivity index (χ1) is 8.00. The molecule has 0 bridgehead atoms. The fourth-order valence-corrected chi connectivity index (χ4v) is 2.14. The van der Waals surface area contributed by atoms with Crippen LogP contribution in [0.2, 0.25) is 0 Å². The van der Waals surface area contributed by atoms with Crippen LogP contribution in [0.3, 0.4) is 0 Å². The number of aromatic amines is 1. The summed E-state index contributed by atoms with van der Waals surface area (Å²) in [6.07, 6.45) is 2.96. The highest BCUT2D eigenvalue weighted by Gasteiger charge is 2.26. The molecule has 5 N–H and O–H groups in total. The van der Waals surface area contributed by atoms with E-state index in [9.17, 15) is 4.79 Å². The van der Waals surface area contributed by atoms with E-state index in [1.807, 2.05) is 0 Å². The number of carbonyl (C=O) groups excluding carboxylic acids is 1. The predicted molar refractivity (Wildman–Crippen MR) is 64.2 cm³/mol. The van der Waals surface area contributed by atoms with Crippen molar-refractivity contribution < 1.29 is 4.79 Å². The number of thioether (sulfide) groups is 1. The van der Waals surface area contributed by atoms with Gasteiger partial charge in [0.2, 0.25) is 5.91 Å². The Labute approximate surface area is 101 Å². The summed E-state index contributed by atoms with van der Waals surface area (Å²) in [5, 5.41) is 0.699. The van der Waals surface area contributed by atoms with Crippen LogP contribution in [0.1, 0.15) is 6.92 Å². The molecule has 1 unspecified atom stereocenters. The van der Waals surface area contributed by atoms with Crippen LogP contribution in [0.4, 0.5) is 0 Å². The highest BCUT2D eigenvalue weighted by molar-refractivity contribution is 7.99. The van der Waals surface area contributed by atoms with E-state index in [4.69, 9.17) is 11.5 Å². The van der Waals surface area contributed by atoms with E-state index in [1.165, 1.54) is 18.1 Å². The second-order valence-corrected chi connectivity index (χ2v) is 4.81. The van der Waals surface area contributed by atoms with Crippen LogP contribution in [0.15, 0.2) is 17.7 Å². The van der Waals surface area contributed by atoms with Crippen molar-refractivity contribution >= 4 is 28.8 Å². The van der Waals surface area contributed by atoms with Gasteiger partial charge in [0.25, 0.3) is 0 Å². The molecule has 2 heterocycles. The van der Waals surface area contributed by atoms with E-state index in [0.29, 0.717) is 16.4 Å². The van der Waals surface area contributed by atoms with Crippen LogP contribution in [-0.2, 0) is 4.79 Å². The van der Waals surface area contributed by atoms with Gasteiger partial charge in [-0.25, -0.2) is 15.0 Å². The topological polar surface area (TPSA) is 124 Å². The summed E-state index contributed by atoms with van der Waals surface area (Å²) in [5.74, 6) is -0.201. The van der Waals surface area contributed by atoms with Crippen molar-refractivity contribution in [3.8, 4) is 0 Å². The number of nitrogens with one attached hydrogen (secondary N) is 1. The van der Waals surface area contributed by atoms with Gasteiger partial charge in [-0.1, -0.05) is 0 Å². The molecule has 0 saturated heterocycles. The third kappa shape index (κ3) is 2.37. The largest absolute Gasteiger partial charge is 0.368 e. The Hall–Kier alpha value is -1.67. The summed E-state index contributed by atoms with van der Waals surface area (Å²) < 4.78 is 0. The number of hydrogen-bond acceptors (Lipinski definition) is 6. The lowest BCUT2D eigenvalue weighted by molar-refractivity contribution is -0.121. The molecule has 2 rings (SSSR count). The summed E-state index contributed by atoms with van der Waals surface area (Å²) in [6.45, 7) is 1.59. The van der Waals surface area contributed by atoms with Gasteiger partial charge in [0.05, 0.1) is 6.33 Å². The van der Waals surface area contributed by atoms with Crippen LogP contribution < -0.4 is 11.5 Å². The van der Waals surface area contributed by atoms with Crippen molar-refractivity contribution in [2.24, 2.45) is 11.5 Å². The molecule has 1 amide bonds.